The van der Waals surface area contributed by atoms with E-state index in [2.05, 4.69) is 46.4 Å². The van der Waals surface area contributed by atoms with Crippen molar-refractivity contribution < 1.29 is 9.53 Å². The van der Waals surface area contributed by atoms with Crippen LogP contribution in [-0.4, -0.2) is 21.2 Å². The van der Waals surface area contributed by atoms with Gasteiger partial charge in [-0.05, 0) is 18.1 Å². The number of benzene rings is 2. The number of carbonyl (C=O) groups is 1. The monoisotopic (exact) mass is 405 g/mol. The topological polar surface area (TPSA) is 84.9 Å². The van der Waals surface area contributed by atoms with Gasteiger partial charge in [-0.1, -0.05) is 49.4 Å². The molecule has 146 valence electrons. The molecule has 2 heterocycles. The number of hydrogen-bond acceptors (Lipinski definition) is 6. The van der Waals surface area contributed by atoms with Crippen LogP contribution in [0.3, 0.4) is 0 Å². The highest BCUT2D eigenvalue weighted by Crippen LogP contribution is 2.24. The van der Waals surface area contributed by atoms with Gasteiger partial charge in [0.05, 0.1) is 23.2 Å². The molecule has 2 aromatic heterocycles. The number of aryl methyl sites for hydroxylation is 1. The Morgan fingerprint density at radius 3 is 2.62 bits per heavy atom. The predicted octanol–water partition coefficient (Wildman–Crippen LogP) is 3.89. The van der Waals surface area contributed by atoms with Crippen molar-refractivity contribution in [3.8, 4) is 10.6 Å². The molecule has 0 aliphatic carbocycles. The standard InChI is InChI=1S/C22H19N3O3S/c1-2-14-7-9-15(10-8-14)22-23-16(13-29-22)12-28-20(26)11-19-17-5-3-4-6-18(17)21(27)25-24-19/h3-10,13H,2,11-12H2,1H3,(H,25,27). The van der Waals surface area contributed by atoms with Gasteiger partial charge < -0.3 is 4.74 Å². The number of nitrogens with zero attached hydrogens (tertiary/aromatic N) is 2. The maximum absolute atomic E-state index is 12.3. The van der Waals surface area contributed by atoms with Gasteiger partial charge in [-0.2, -0.15) is 5.10 Å². The normalized spacial score (nSPS) is 10.9. The fourth-order valence-electron chi connectivity index (χ4n) is 3.04. The molecule has 4 rings (SSSR count). The molecule has 0 bridgehead atoms. The summed E-state index contributed by atoms with van der Waals surface area (Å²) in [5, 5.41) is 10.4. The van der Waals surface area contributed by atoms with E-state index in [-0.39, 0.29) is 18.6 Å². The van der Waals surface area contributed by atoms with Crippen molar-refractivity contribution in [2.24, 2.45) is 0 Å². The van der Waals surface area contributed by atoms with Crippen molar-refractivity contribution in [1.82, 2.24) is 15.2 Å². The maximum atomic E-state index is 12.3. The van der Waals surface area contributed by atoms with Crippen LogP contribution in [0.5, 0.6) is 0 Å². The van der Waals surface area contributed by atoms with Crippen LogP contribution in [0.2, 0.25) is 0 Å². The zero-order valence-corrected chi connectivity index (χ0v) is 16.7. The van der Waals surface area contributed by atoms with Gasteiger partial charge in [0, 0.05) is 16.3 Å². The number of ether oxygens (including phenoxy) is 1. The largest absolute Gasteiger partial charge is 0.459 e. The second-order valence-electron chi connectivity index (χ2n) is 6.58. The van der Waals surface area contributed by atoms with Gasteiger partial charge >= 0.3 is 5.97 Å². The Labute approximate surface area is 171 Å². The summed E-state index contributed by atoms with van der Waals surface area (Å²) >= 11 is 1.52. The van der Waals surface area contributed by atoms with Crippen molar-refractivity contribution in [2.75, 3.05) is 0 Å². The van der Waals surface area contributed by atoms with Crippen molar-refractivity contribution in [2.45, 2.75) is 26.4 Å². The number of thiazole rings is 1. The van der Waals surface area contributed by atoms with Gasteiger partial charge in [-0.25, -0.2) is 10.1 Å². The Balaban J connectivity index is 1.41. The third kappa shape index (κ3) is 4.25. The molecule has 7 heteroatoms. The molecular formula is C22H19N3O3S. The second kappa shape index (κ2) is 8.36. The third-order valence-corrected chi connectivity index (χ3v) is 5.57. The zero-order valence-electron chi connectivity index (χ0n) is 15.8. The number of carbonyl (C=O) groups excluding carboxylic acids is 1. The van der Waals surface area contributed by atoms with Crippen molar-refractivity contribution >= 4 is 28.1 Å². The number of hydrogen-bond donors (Lipinski definition) is 1. The number of fused-ring (bicyclic) bond motifs is 1. The number of nitrogens with one attached hydrogen (secondary N) is 1. The summed E-state index contributed by atoms with van der Waals surface area (Å²) in [5.41, 5.74) is 3.24. The van der Waals surface area contributed by atoms with Crippen LogP contribution in [0.15, 0.2) is 58.7 Å². The van der Waals surface area contributed by atoms with Crippen LogP contribution < -0.4 is 5.56 Å². The van der Waals surface area contributed by atoms with E-state index in [9.17, 15) is 9.59 Å². The number of aromatic amines is 1. The number of aromatic nitrogens is 3. The first-order valence-corrected chi connectivity index (χ1v) is 10.2. The summed E-state index contributed by atoms with van der Waals surface area (Å²) in [6.07, 6.45) is 0.978. The Morgan fingerprint density at radius 1 is 1.10 bits per heavy atom. The van der Waals surface area contributed by atoms with Crippen LogP contribution in [0.4, 0.5) is 0 Å². The van der Waals surface area contributed by atoms with E-state index in [1.54, 1.807) is 18.2 Å². The first-order valence-electron chi connectivity index (χ1n) is 9.29. The van der Waals surface area contributed by atoms with Crippen molar-refractivity contribution in [3.05, 3.63) is 81.2 Å². The van der Waals surface area contributed by atoms with Crippen LogP contribution in [-0.2, 0) is 29.0 Å². The molecule has 29 heavy (non-hydrogen) atoms. The van der Waals surface area contributed by atoms with Crippen LogP contribution >= 0.6 is 11.3 Å². The quantitative estimate of drug-likeness (QED) is 0.492. The molecule has 2 aromatic carbocycles. The van der Waals surface area contributed by atoms with Crippen LogP contribution in [0, 0.1) is 0 Å². The molecule has 0 spiro atoms. The molecule has 0 aliphatic heterocycles. The van der Waals surface area contributed by atoms with Gasteiger partial charge in [-0.15, -0.1) is 11.3 Å². The minimum absolute atomic E-state index is 0.0211. The lowest BCUT2D eigenvalue weighted by Gasteiger charge is -2.05. The summed E-state index contributed by atoms with van der Waals surface area (Å²) in [5.74, 6) is -0.420. The molecule has 0 unspecified atom stereocenters. The predicted molar refractivity (Wildman–Crippen MR) is 113 cm³/mol. The van der Waals surface area contributed by atoms with Gasteiger partial charge in [0.2, 0.25) is 0 Å². The van der Waals surface area contributed by atoms with Gasteiger partial charge in [0.25, 0.3) is 5.56 Å². The SMILES string of the molecule is CCc1ccc(-c2nc(COC(=O)Cc3n[nH]c(=O)c4ccccc34)cs2)cc1. The smallest absolute Gasteiger partial charge is 0.312 e. The molecule has 1 N–H and O–H groups in total. The molecule has 0 amide bonds. The maximum Gasteiger partial charge on any atom is 0.312 e. The molecule has 0 saturated heterocycles. The summed E-state index contributed by atoms with van der Waals surface area (Å²) in [6, 6.07) is 15.4. The molecule has 4 aromatic rings. The molecule has 6 nitrogen and oxygen atoms in total. The van der Waals surface area contributed by atoms with Crippen LogP contribution in [0.25, 0.3) is 21.3 Å². The summed E-state index contributed by atoms with van der Waals surface area (Å²) < 4.78 is 5.37. The summed E-state index contributed by atoms with van der Waals surface area (Å²) in [6.45, 7) is 2.22. The number of rotatable bonds is 6. The number of H-pyrrole nitrogens is 1. The Hall–Kier alpha value is -3.32. The van der Waals surface area contributed by atoms with E-state index in [1.807, 2.05) is 11.4 Å². The van der Waals surface area contributed by atoms with Gasteiger partial charge in [0.1, 0.15) is 11.6 Å². The minimum atomic E-state index is -0.420. The first-order chi connectivity index (χ1) is 14.1. The highest BCUT2D eigenvalue weighted by Gasteiger charge is 2.13. The van der Waals surface area contributed by atoms with Gasteiger partial charge in [0.15, 0.2) is 0 Å². The lowest BCUT2D eigenvalue weighted by molar-refractivity contribution is -0.144. The van der Waals surface area contributed by atoms with E-state index < -0.39 is 5.97 Å². The van der Waals surface area contributed by atoms with Crippen LogP contribution in [0.1, 0.15) is 23.9 Å². The minimum Gasteiger partial charge on any atom is -0.459 e. The third-order valence-electron chi connectivity index (χ3n) is 4.63. The van der Waals surface area contributed by atoms with E-state index in [4.69, 9.17) is 4.74 Å². The lowest BCUT2D eigenvalue weighted by atomic mass is 10.1. The summed E-state index contributed by atoms with van der Waals surface area (Å²) in [7, 11) is 0. The molecule has 0 aliphatic rings. The molecule has 0 atom stereocenters. The Morgan fingerprint density at radius 2 is 1.86 bits per heavy atom. The Bertz CT molecular complexity index is 1210. The highest BCUT2D eigenvalue weighted by atomic mass is 32.1. The molecule has 0 fully saturated rings. The van der Waals surface area contributed by atoms with E-state index >= 15 is 0 Å². The van der Waals surface area contributed by atoms with Crippen molar-refractivity contribution in [1.29, 1.82) is 0 Å². The fraction of sp³-hybridized carbons (Fsp3) is 0.182. The Kier molecular flexibility index (Phi) is 5.48. The highest BCUT2D eigenvalue weighted by molar-refractivity contribution is 7.13. The van der Waals surface area contributed by atoms with Gasteiger partial charge in [-0.3, -0.25) is 9.59 Å². The number of esters is 1. The van der Waals surface area contributed by atoms with E-state index in [0.29, 0.717) is 22.2 Å². The second-order valence-corrected chi connectivity index (χ2v) is 7.44. The zero-order chi connectivity index (χ0) is 20.2. The molecule has 0 saturated carbocycles. The van der Waals surface area contributed by atoms with Crippen molar-refractivity contribution in [3.63, 3.8) is 0 Å². The average molecular weight is 405 g/mol. The summed E-state index contributed by atoms with van der Waals surface area (Å²) in [4.78, 5) is 28.7. The lowest BCUT2D eigenvalue weighted by Crippen LogP contribution is -2.15. The van der Waals surface area contributed by atoms with E-state index in [1.165, 1.54) is 16.9 Å². The molecular weight excluding hydrogens is 386 g/mol. The fourth-order valence-corrected chi connectivity index (χ4v) is 3.85. The first kappa shape index (κ1) is 19.0. The average Bonchev–Trinajstić information content (AvgIpc) is 3.24. The van der Waals surface area contributed by atoms with E-state index in [0.717, 1.165) is 17.0 Å². The molecule has 0 radical (unpaired) electrons.